The van der Waals surface area contributed by atoms with Crippen LogP contribution in [0.4, 0.5) is 10.1 Å². The van der Waals surface area contributed by atoms with Gasteiger partial charge in [0, 0.05) is 12.2 Å². The van der Waals surface area contributed by atoms with Gasteiger partial charge in [0.1, 0.15) is 6.04 Å². The number of anilines is 1. The van der Waals surface area contributed by atoms with Gasteiger partial charge in [-0.1, -0.05) is 54.6 Å². The number of hydrogen-bond acceptors (Lipinski definition) is 3. The third kappa shape index (κ3) is 4.75. The van der Waals surface area contributed by atoms with Crippen molar-refractivity contribution in [2.45, 2.75) is 12.6 Å². The molecule has 1 amide bonds. The van der Waals surface area contributed by atoms with Crippen molar-refractivity contribution in [2.75, 3.05) is 19.5 Å². The van der Waals surface area contributed by atoms with Crippen molar-refractivity contribution in [3.8, 4) is 5.75 Å². The largest absolute Gasteiger partial charge is 0.494 e. The minimum Gasteiger partial charge on any atom is -0.494 e. The Labute approximate surface area is 164 Å². The van der Waals surface area contributed by atoms with E-state index in [4.69, 9.17) is 4.74 Å². The molecule has 0 saturated heterocycles. The van der Waals surface area contributed by atoms with Gasteiger partial charge in [-0.25, -0.2) is 4.39 Å². The number of nitrogens with one attached hydrogen (secondary N) is 1. The van der Waals surface area contributed by atoms with Gasteiger partial charge in [-0.05, 0) is 42.4 Å². The minimum atomic E-state index is -0.522. The maximum Gasteiger partial charge on any atom is 0.246 e. The monoisotopic (exact) mass is 378 g/mol. The van der Waals surface area contributed by atoms with Crippen molar-refractivity contribution < 1.29 is 13.9 Å². The molecule has 0 bridgehead atoms. The fourth-order valence-electron chi connectivity index (χ4n) is 3.16. The van der Waals surface area contributed by atoms with Crippen molar-refractivity contribution in [1.29, 1.82) is 0 Å². The van der Waals surface area contributed by atoms with Crippen molar-refractivity contribution in [3.05, 3.63) is 95.8 Å². The molecule has 3 aromatic carbocycles. The van der Waals surface area contributed by atoms with Crippen LogP contribution in [0, 0.1) is 5.82 Å². The molecule has 0 saturated carbocycles. The zero-order chi connectivity index (χ0) is 19.9. The van der Waals surface area contributed by atoms with Gasteiger partial charge in [-0.2, -0.15) is 0 Å². The molecular weight excluding hydrogens is 355 g/mol. The molecule has 0 aliphatic rings. The highest BCUT2D eigenvalue weighted by atomic mass is 19.1. The number of ether oxygens (including phenoxy) is 1. The lowest BCUT2D eigenvalue weighted by Crippen LogP contribution is -2.34. The lowest BCUT2D eigenvalue weighted by molar-refractivity contribution is -0.121. The molecule has 0 aliphatic heterocycles. The molecule has 144 valence electrons. The van der Waals surface area contributed by atoms with Gasteiger partial charge < -0.3 is 10.1 Å². The Balaban J connectivity index is 1.84. The molecule has 5 heteroatoms. The van der Waals surface area contributed by atoms with Crippen molar-refractivity contribution in [3.63, 3.8) is 0 Å². The molecule has 0 radical (unpaired) electrons. The number of amides is 1. The third-order valence-corrected chi connectivity index (χ3v) is 4.49. The SMILES string of the molecule is COc1ccc(CN(C)[C@H](C(=O)Nc2ccccc2)c2ccccc2)cc1F. The highest BCUT2D eigenvalue weighted by Gasteiger charge is 2.25. The van der Waals surface area contributed by atoms with E-state index in [1.54, 1.807) is 12.1 Å². The highest BCUT2D eigenvalue weighted by Crippen LogP contribution is 2.25. The smallest absolute Gasteiger partial charge is 0.246 e. The van der Waals surface area contributed by atoms with E-state index in [1.165, 1.54) is 13.2 Å². The second-order valence-electron chi connectivity index (χ2n) is 6.55. The summed E-state index contributed by atoms with van der Waals surface area (Å²) in [5.41, 5.74) is 2.36. The predicted molar refractivity (Wildman–Crippen MR) is 109 cm³/mol. The summed E-state index contributed by atoms with van der Waals surface area (Å²) >= 11 is 0. The molecule has 3 aromatic rings. The number of hydrogen-bond donors (Lipinski definition) is 1. The molecule has 0 aliphatic carbocycles. The maximum absolute atomic E-state index is 14.0. The van der Waals surface area contributed by atoms with Crippen molar-refractivity contribution >= 4 is 11.6 Å². The van der Waals surface area contributed by atoms with E-state index in [2.05, 4.69) is 5.32 Å². The number of benzene rings is 3. The maximum atomic E-state index is 14.0. The standard InChI is InChI=1S/C23H23FN2O2/c1-26(16-17-13-14-21(28-2)20(24)15-17)22(18-9-5-3-6-10-18)23(27)25-19-11-7-4-8-12-19/h3-15,22H,16H2,1-2H3,(H,25,27)/t22-/m0/s1. The van der Waals surface area contributed by atoms with Crippen LogP contribution in [-0.2, 0) is 11.3 Å². The normalized spacial score (nSPS) is 11.9. The minimum absolute atomic E-state index is 0.145. The van der Waals surface area contributed by atoms with E-state index in [0.29, 0.717) is 6.54 Å². The first-order valence-corrected chi connectivity index (χ1v) is 9.02. The van der Waals surface area contributed by atoms with Gasteiger partial charge in [-0.3, -0.25) is 9.69 Å². The van der Waals surface area contributed by atoms with Gasteiger partial charge in [0.05, 0.1) is 7.11 Å². The molecule has 0 fully saturated rings. The van der Waals surface area contributed by atoms with E-state index in [0.717, 1.165) is 16.8 Å². The van der Waals surface area contributed by atoms with Gasteiger partial charge in [-0.15, -0.1) is 0 Å². The summed E-state index contributed by atoms with van der Waals surface area (Å²) in [5.74, 6) is -0.361. The molecule has 0 unspecified atom stereocenters. The second kappa shape index (κ2) is 9.15. The average Bonchev–Trinajstić information content (AvgIpc) is 2.70. The number of carbonyl (C=O) groups is 1. The Kier molecular flexibility index (Phi) is 6.40. The Morgan fingerprint density at radius 2 is 1.68 bits per heavy atom. The van der Waals surface area contributed by atoms with Crippen LogP contribution in [0.1, 0.15) is 17.2 Å². The number of likely N-dealkylation sites (N-methyl/N-ethyl adjacent to an activating group) is 1. The molecule has 1 atom stereocenters. The number of methoxy groups -OCH3 is 1. The Bertz CT molecular complexity index is 916. The second-order valence-corrected chi connectivity index (χ2v) is 6.55. The summed E-state index contributed by atoms with van der Waals surface area (Å²) in [6.45, 7) is 0.405. The zero-order valence-electron chi connectivity index (χ0n) is 15.9. The predicted octanol–water partition coefficient (Wildman–Crippen LogP) is 4.65. The third-order valence-electron chi connectivity index (χ3n) is 4.49. The van der Waals surface area contributed by atoms with Crippen LogP contribution in [-0.4, -0.2) is 25.0 Å². The van der Waals surface area contributed by atoms with E-state index in [1.807, 2.05) is 72.6 Å². The van der Waals surface area contributed by atoms with Crippen molar-refractivity contribution in [2.24, 2.45) is 0 Å². The fourth-order valence-corrected chi connectivity index (χ4v) is 3.16. The summed E-state index contributed by atoms with van der Waals surface area (Å²) < 4.78 is 19.0. The van der Waals surface area contributed by atoms with Gasteiger partial charge in [0.25, 0.3) is 0 Å². The summed E-state index contributed by atoms with van der Waals surface area (Å²) in [4.78, 5) is 15.0. The van der Waals surface area contributed by atoms with Crippen LogP contribution >= 0.6 is 0 Å². The van der Waals surface area contributed by atoms with E-state index in [-0.39, 0.29) is 11.7 Å². The van der Waals surface area contributed by atoms with E-state index >= 15 is 0 Å². The quantitative estimate of drug-likeness (QED) is 0.651. The van der Waals surface area contributed by atoms with Gasteiger partial charge >= 0.3 is 0 Å². The lowest BCUT2D eigenvalue weighted by atomic mass is 10.0. The number of carbonyl (C=O) groups excluding carboxylic acids is 1. The molecule has 0 heterocycles. The Morgan fingerprint density at radius 3 is 2.29 bits per heavy atom. The van der Waals surface area contributed by atoms with Crippen LogP contribution < -0.4 is 10.1 Å². The van der Waals surface area contributed by atoms with Crippen LogP contribution in [0.25, 0.3) is 0 Å². The summed E-state index contributed by atoms with van der Waals surface area (Å²) in [6, 6.07) is 23.2. The van der Waals surface area contributed by atoms with Gasteiger partial charge in [0.15, 0.2) is 11.6 Å². The topological polar surface area (TPSA) is 41.6 Å². The van der Waals surface area contributed by atoms with Gasteiger partial charge in [0.2, 0.25) is 5.91 Å². The van der Waals surface area contributed by atoms with Crippen molar-refractivity contribution in [1.82, 2.24) is 4.90 Å². The Morgan fingerprint density at radius 1 is 1.04 bits per heavy atom. The average molecular weight is 378 g/mol. The molecular formula is C23H23FN2O2. The number of nitrogens with zero attached hydrogens (tertiary/aromatic N) is 1. The fraction of sp³-hybridized carbons (Fsp3) is 0.174. The zero-order valence-corrected chi connectivity index (χ0v) is 15.9. The molecule has 0 spiro atoms. The summed E-state index contributed by atoms with van der Waals surface area (Å²) in [7, 11) is 3.29. The molecule has 28 heavy (non-hydrogen) atoms. The van der Waals surface area contributed by atoms with Crippen LogP contribution in [0.15, 0.2) is 78.9 Å². The van der Waals surface area contributed by atoms with Crippen LogP contribution in [0.3, 0.4) is 0 Å². The first kappa shape index (κ1) is 19.6. The summed E-state index contributed by atoms with van der Waals surface area (Å²) in [6.07, 6.45) is 0. The number of para-hydroxylation sites is 1. The summed E-state index contributed by atoms with van der Waals surface area (Å²) in [5, 5.41) is 2.96. The number of rotatable bonds is 7. The molecule has 1 N–H and O–H groups in total. The Hall–Kier alpha value is -3.18. The molecule has 0 aromatic heterocycles. The molecule has 3 rings (SSSR count). The van der Waals surface area contributed by atoms with E-state index in [9.17, 15) is 9.18 Å². The van der Waals surface area contributed by atoms with Crippen LogP contribution in [0.2, 0.25) is 0 Å². The first-order valence-electron chi connectivity index (χ1n) is 9.02. The van der Waals surface area contributed by atoms with Crippen LogP contribution in [0.5, 0.6) is 5.75 Å². The first-order chi connectivity index (χ1) is 13.6. The van der Waals surface area contributed by atoms with E-state index < -0.39 is 11.9 Å². The highest BCUT2D eigenvalue weighted by molar-refractivity contribution is 5.95. The number of halogens is 1. The molecule has 4 nitrogen and oxygen atoms in total. The lowest BCUT2D eigenvalue weighted by Gasteiger charge is -2.28.